The van der Waals surface area contributed by atoms with Crippen molar-refractivity contribution in [1.29, 1.82) is 0 Å². The average Bonchev–Trinajstić information content (AvgIpc) is 2.59. The molecule has 2 amide bonds. The molecule has 1 aliphatic carbocycles. The second kappa shape index (κ2) is 8.89. The number of urea groups is 1. The Morgan fingerprint density at radius 3 is 2.35 bits per heavy atom. The van der Waals surface area contributed by atoms with Crippen LogP contribution in [0.2, 0.25) is 0 Å². The number of ether oxygens (including phenoxy) is 1. The number of amides is 2. The summed E-state index contributed by atoms with van der Waals surface area (Å²) in [6, 6.07) is 0.0327. The molecule has 3 aliphatic rings. The molecule has 150 valence electrons. The summed E-state index contributed by atoms with van der Waals surface area (Å²) in [5, 5.41) is 3.10. The van der Waals surface area contributed by atoms with Crippen LogP contribution in [0, 0.1) is 0 Å². The summed E-state index contributed by atoms with van der Waals surface area (Å²) >= 11 is 0. The topological polar surface area (TPSA) is 79.0 Å². The zero-order valence-electron chi connectivity index (χ0n) is 15.9. The zero-order chi connectivity index (χ0) is 18.6. The second-order valence-electron chi connectivity index (χ2n) is 7.84. The molecule has 0 radical (unpaired) electrons. The summed E-state index contributed by atoms with van der Waals surface area (Å²) < 4.78 is 31.9. The van der Waals surface area contributed by atoms with Crippen molar-refractivity contribution >= 4 is 16.1 Å². The predicted octanol–water partition coefficient (Wildman–Crippen LogP) is 1.93. The van der Waals surface area contributed by atoms with Gasteiger partial charge < -0.3 is 15.0 Å². The van der Waals surface area contributed by atoms with E-state index < -0.39 is 10.0 Å². The minimum atomic E-state index is -3.13. The van der Waals surface area contributed by atoms with E-state index in [1.165, 1.54) is 6.42 Å². The number of likely N-dealkylation sites (tertiary alicyclic amines) is 1. The molecule has 7 nitrogen and oxygen atoms in total. The molecule has 2 aliphatic heterocycles. The van der Waals surface area contributed by atoms with Crippen LogP contribution in [0.3, 0.4) is 0 Å². The van der Waals surface area contributed by atoms with Crippen molar-refractivity contribution in [3.8, 4) is 0 Å². The highest BCUT2D eigenvalue weighted by molar-refractivity contribution is 7.89. The van der Waals surface area contributed by atoms with Gasteiger partial charge in [0.2, 0.25) is 10.0 Å². The normalized spacial score (nSPS) is 26.5. The Hall–Kier alpha value is -0.860. The predicted molar refractivity (Wildman–Crippen MR) is 101 cm³/mol. The highest BCUT2D eigenvalue weighted by atomic mass is 32.2. The van der Waals surface area contributed by atoms with Gasteiger partial charge in [-0.2, -0.15) is 0 Å². The van der Waals surface area contributed by atoms with Crippen molar-refractivity contribution in [2.45, 2.75) is 76.5 Å². The fourth-order valence-electron chi connectivity index (χ4n) is 3.94. The van der Waals surface area contributed by atoms with Gasteiger partial charge in [0.05, 0.1) is 18.0 Å². The Morgan fingerprint density at radius 1 is 1.04 bits per heavy atom. The fraction of sp³-hybridized carbons (Fsp3) is 0.944. The molecule has 2 saturated heterocycles. The third-order valence-corrected chi connectivity index (χ3v) is 7.82. The molecule has 0 spiro atoms. The maximum Gasteiger partial charge on any atom is 0.317 e. The van der Waals surface area contributed by atoms with E-state index in [9.17, 15) is 13.2 Å². The molecule has 1 atom stereocenters. The molecule has 3 fully saturated rings. The third-order valence-electron chi connectivity index (χ3n) is 5.74. The first-order valence-electron chi connectivity index (χ1n) is 10.2. The largest absolute Gasteiger partial charge is 0.373 e. The summed E-state index contributed by atoms with van der Waals surface area (Å²) in [6.07, 6.45) is 8.16. The molecule has 0 bridgehead atoms. The van der Waals surface area contributed by atoms with Crippen molar-refractivity contribution in [1.82, 2.24) is 14.5 Å². The molecule has 8 heteroatoms. The van der Waals surface area contributed by atoms with Crippen molar-refractivity contribution in [2.75, 3.05) is 31.9 Å². The number of carbonyl (C=O) groups excluding carboxylic acids is 1. The van der Waals surface area contributed by atoms with Crippen LogP contribution in [0.5, 0.6) is 0 Å². The first-order chi connectivity index (χ1) is 12.5. The van der Waals surface area contributed by atoms with Crippen LogP contribution in [-0.2, 0) is 14.8 Å². The lowest BCUT2D eigenvalue weighted by atomic mass is 9.95. The first-order valence-corrected chi connectivity index (χ1v) is 11.8. The summed E-state index contributed by atoms with van der Waals surface area (Å²) in [5.41, 5.74) is 0. The minimum Gasteiger partial charge on any atom is -0.373 e. The van der Waals surface area contributed by atoms with Gasteiger partial charge >= 0.3 is 6.03 Å². The molecule has 3 rings (SSSR count). The van der Waals surface area contributed by atoms with Crippen molar-refractivity contribution in [3.05, 3.63) is 0 Å². The molecule has 0 aromatic carbocycles. The quantitative estimate of drug-likeness (QED) is 0.755. The van der Waals surface area contributed by atoms with Crippen molar-refractivity contribution < 1.29 is 17.9 Å². The van der Waals surface area contributed by atoms with Gasteiger partial charge in [0.15, 0.2) is 0 Å². The first kappa shape index (κ1) is 19.9. The molecule has 1 unspecified atom stereocenters. The standard InChI is InChI=1S/C18H33N3O4S/c1-2-13-26(23,24)21-11-8-15(9-12-21)19-18(22)20-10-4-7-17(14-20)25-16-5-3-6-16/h15-17H,2-14H2,1H3,(H,19,22). The monoisotopic (exact) mass is 387 g/mol. The Labute approximate surface area is 157 Å². The summed E-state index contributed by atoms with van der Waals surface area (Å²) in [4.78, 5) is 14.5. The number of hydrogen-bond donors (Lipinski definition) is 1. The molecule has 1 N–H and O–H groups in total. The lowest BCUT2D eigenvalue weighted by Gasteiger charge is -2.38. The lowest BCUT2D eigenvalue weighted by Crippen LogP contribution is -2.53. The van der Waals surface area contributed by atoms with Gasteiger partial charge in [-0.1, -0.05) is 6.92 Å². The van der Waals surface area contributed by atoms with Crippen LogP contribution >= 0.6 is 0 Å². The fourth-order valence-corrected chi connectivity index (χ4v) is 5.49. The van der Waals surface area contributed by atoms with Crippen molar-refractivity contribution in [2.24, 2.45) is 0 Å². The van der Waals surface area contributed by atoms with E-state index in [-0.39, 0.29) is 23.9 Å². The molecule has 1 saturated carbocycles. The molecule has 0 aromatic heterocycles. The number of hydrogen-bond acceptors (Lipinski definition) is 4. The minimum absolute atomic E-state index is 0.0261. The van der Waals surface area contributed by atoms with Gasteiger partial charge in [0.25, 0.3) is 0 Å². The Kier molecular flexibility index (Phi) is 6.80. The van der Waals surface area contributed by atoms with Gasteiger partial charge in [-0.05, 0) is 51.4 Å². The van der Waals surface area contributed by atoms with Gasteiger partial charge in [0, 0.05) is 32.2 Å². The van der Waals surface area contributed by atoms with Crippen LogP contribution in [0.15, 0.2) is 0 Å². The summed E-state index contributed by atoms with van der Waals surface area (Å²) in [5.74, 6) is 0.209. The summed E-state index contributed by atoms with van der Waals surface area (Å²) in [7, 11) is -3.13. The number of piperidine rings is 2. The van der Waals surface area contributed by atoms with Gasteiger partial charge in [-0.25, -0.2) is 17.5 Å². The Balaban J connectivity index is 1.42. The Bertz CT molecular complexity index is 571. The number of sulfonamides is 1. The van der Waals surface area contributed by atoms with Gasteiger partial charge in [0.1, 0.15) is 0 Å². The highest BCUT2D eigenvalue weighted by Gasteiger charge is 2.31. The maximum atomic E-state index is 12.6. The van der Waals surface area contributed by atoms with E-state index in [0.29, 0.717) is 45.0 Å². The van der Waals surface area contributed by atoms with Crippen LogP contribution in [0.1, 0.15) is 58.3 Å². The van der Waals surface area contributed by atoms with E-state index in [4.69, 9.17) is 4.74 Å². The number of nitrogens with zero attached hydrogens (tertiary/aromatic N) is 2. The Morgan fingerprint density at radius 2 is 1.73 bits per heavy atom. The zero-order valence-corrected chi connectivity index (χ0v) is 16.7. The average molecular weight is 388 g/mol. The third kappa shape index (κ3) is 5.10. The number of carbonyl (C=O) groups is 1. The highest BCUT2D eigenvalue weighted by Crippen LogP contribution is 2.26. The van der Waals surface area contributed by atoms with Crippen LogP contribution in [0.4, 0.5) is 4.79 Å². The number of rotatable bonds is 6. The SMILES string of the molecule is CCCS(=O)(=O)N1CCC(NC(=O)N2CCCC(OC3CCC3)C2)CC1. The maximum absolute atomic E-state index is 12.6. The molecular weight excluding hydrogens is 354 g/mol. The lowest BCUT2D eigenvalue weighted by molar-refractivity contribution is -0.0721. The van der Waals surface area contributed by atoms with E-state index in [0.717, 1.165) is 32.2 Å². The second-order valence-corrected chi connectivity index (χ2v) is 9.93. The van der Waals surface area contributed by atoms with Gasteiger partial charge in [-0.3, -0.25) is 0 Å². The van der Waals surface area contributed by atoms with Crippen molar-refractivity contribution in [3.63, 3.8) is 0 Å². The smallest absolute Gasteiger partial charge is 0.317 e. The van der Waals surface area contributed by atoms with E-state index in [2.05, 4.69) is 5.32 Å². The van der Waals surface area contributed by atoms with Crippen LogP contribution < -0.4 is 5.32 Å². The molecule has 0 aromatic rings. The van der Waals surface area contributed by atoms with Crippen LogP contribution in [-0.4, -0.2) is 73.8 Å². The van der Waals surface area contributed by atoms with E-state index >= 15 is 0 Å². The van der Waals surface area contributed by atoms with E-state index in [1.54, 1.807) is 4.31 Å². The molecular formula is C18H33N3O4S. The summed E-state index contributed by atoms with van der Waals surface area (Å²) in [6.45, 7) is 4.33. The number of nitrogens with one attached hydrogen (secondary N) is 1. The van der Waals surface area contributed by atoms with Gasteiger partial charge in [-0.15, -0.1) is 0 Å². The van der Waals surface area contributed by atoms with Crippen LogP contribution in [0.25, 0.3) is 0 Å². The molecule has 26 heavy (non-hydrogen) atoms. The molecule has 2 heterocycles. The van der Waals surface area contributed by atoms with E-state index in [1.807, 2.05) is 11.8 Å².